The molecule has 2 aromatic rings. The topological polar surface area (TPSA) is 122 Å². The number of halogens is 1. The summed E-state index contributed by atoms with van der Waals surface area (Å²) in [6.45, 7) is 1.35. The summed E-state index contributed by atoms with van der Waals surface area (Å²) in [4.78, 5) is 29.9. The van der Waals surface area contributed by atoms with E-state index in [1.165, 1.54) is 14.2 Å². The van der Waals surface area contributed by atoms with Crippen LogP contribution in [0.3, 0.4) is 0 Å². The molecule has 3 N–H and O–H groups in total. The highest BCUT2D eigenvalue weighted by Crippen LogP contribution is 2.20. The summed E-state index contributed by atoms with van der Waals surface area (Å²) in [6, 6.07) is 13.1. The highest BCUT2D eigenvalue weighted by atomic mass is 35.5. The van der Waals surface area contributed by atoms with Gasteiger partial charge >= 0.3 is 17.9 Å². The smallest absolute Gasteiger partial charge is 0.414 e. The van der Waals surface area contributed by atoms with E-state index in [-0.39, 0.29) is 0 Å². The van der Waals surface area contributed by atoms with Crippen LogP contribution in [0, 0.1) is 0 Å². The second kappa shape index (κ2) is 11.6. The maximum atomic E-state index is 11.7. The molecule has 28 heavy (non-hydrogen) atoms. The van der Waals surface area contributed by atoms with Gasteiger partial charge in [-0.1, -0.05) is 29.8 Å². The van der Waals surface area contributed by atoms with Gasteiger partial charge in [0.1, 0.15) is 11.3 Å². The first-order valence-electron chi connectivity index (χ1n) is 7.95. The van der Waals surface area contributed by atoms with Crippen LogP contribution in [-0.4, -0.2) is 42.3 Å². The minimum absolute atomic E-state index is 0.406. The minimum atomic E-state index is -1.82. The van der Waals surface area contributed by atoms with E-state index in [2.05, 4.69) is 5.32 Å². The van der Waals surface area contributed by atoms with Crippen molar-refractivity contribution in [3.05, 3.63) is 64.2 Å². The summed E-state index contributed by atoms with van der Waals surface area (Å²) in [5, 5.41) is 18.8. The molecule has 0 atom stereocenters. The third-order valence-electron chi connectivity index (χ3n) is 3.42. The molecule has 0 radical (unpaired) electrons. The zero-order valence-corrected chi connectivity index (χ0v) is 16.0. The largest absolute Gasteiger partial charge is 0.496 e. The number of carboxylic acids is 2. The average Bonchev–Trinajstić information content (AvgIpc) is 2.69. The van der Waals surface area contributed by atoms with Crippen LogP contribution in [0.1, 0.15) is 21.5 Å². The lowest BCUT2D eigenvalue weighted by Gasteiger charge is -2.10. The monoisotopic (exact) mass is 409 g/mol. The van der Waals surface area contributed by atoms with Gasteiger partial charge in [-0.15, -0.1) is 0 Å². The Hall–Kier alpha value is -3.10. The van der Waals surface area contributed by atoms with Crippen LogP contribution in [0.2, 0.25) is 5.02 Å². The van der Waals surface area contributed by atoms with Gasteiger partial charge in [0.2, 0.25) is 0 Å². The number of hydrogen-bond acceptors (Lipinski definition) is 6. The summed E-state index contributed by atoms with van der Waals surface area (Å²) >= 11 is 5.85. The van der Waals surface area contributed by atoms with Crippen molar-refractivity contribution in [2.45, 2.75) is 13.1 Å². The van der Waals surface area contributed by atoms with Crippen molar-refractivity contribution in [2.24, 2.45) is 0 Å². The molecule has 0 bridgehead atoms. The third-order valence-corrected chi connectivity index (χ3v) is 3.68. The number of benzene rings is 2. The first-order valence-corrected chi connectivity index (χ1v) is 8.32. The Morgan fingerprint density at radius 2 is 1.46 bits per heavy atom. The van der Waals surface area contributed by atoms with Crippen LogP contribution in [0.15, 0.2) is 42.5 Å². The van der Waals surface area contributed by atoms with Gasteiger partial charge in [-0.05, 0) is 35.4 Å². The first-order chi connectivity index (χ1) is 13.3. The normalized spacial score (nSPS) is 9.68. The van der Waals surface area contributed by atoms with Crippen molar-refractivity contribution in [3.8, 4) is 5.75 Å². The van der Waals surface area contributed by atoms with Crippen molar-refractivity contribution in [1.29, 1.82) is 0 Å². The first kappa shape index (κ1) is 22.9. The molecule has 0 saturated heterocycles. The number of esters is 1. The van der Waals surface area contributed by atoms with Crippen LogP contribution in [0.4, 0.5) is 0 Å². The minimum Gasteiger partial charge on any atom is -0.496 e. The summed E-state index contributed by atoms with van der Waals surface area (Å²) < 4.78 is 9.94. The van der Waals surface area contributed by atoms with Gasteiger partial charge in [-0.2, -0.15) is 0 Å². The molecule has 9 heteroatoms. The van der Waals surface area contributed by atoms with Gasteiger partial charge in [-0.25, -0.2) is 14.4 Å². The molecule has 0 saturated carbocycles. The fourth-order valence-corrected chi connectivity index (χ4v) is 2.21. The summed E-state index contributed by atoms with van der Waals surface area (Å²) in [5.41, 5.74) is 2.55. The Kier molecular flexibility index (Phi) is 9.49. The highest BCUT2D eigenvalue weighted by Gasteiger charge is 2.13. The molecule has 0 unspecified atom stereocenters. The van der Waals surface area contributed by atoms with E-state index in [0.29, 0.717) is 17.9 Å². The molecule has 0 aromatic heterocycles. The molecule has 0 heterocycles. The van der Waals surface area contributed by atoms with Gasteiger partial charge in [0.05, 0.1) is 14.2 Å². The Labute approximate surface area is 166 Å². The molecular weight excluding hydrogens is 390 g/mol. The SMILES string of the molecule is COC(=O)c1cc(CNCc2ccc(Cl)cc2)ccc1OC.O=C(O)C(=O)O. The van der Waals surface area contributed by atoms with E-state index < -0.39 is 17.9 Å². The standard InChI is InChI=1S/C17H18ClNO3.C2H2O4/c1-21-16-8-5-13(9-15(16)17(20)22-2)11-19-10-12-3-6-14(18)7-4-12;3-1(4)2(5)6/h3-9,19H,10-11H2,1-2H3;(H,3,4)(H,5,6). The van der Waals surface area contributed by atoms with Crippen LogP contribution >= 0.6 is 11.6 Å². The predicted molar refractivity (Wildman–Crippen MR) is 102 cm³/mol. The molecule has 2 aromatic carbocycles. The Morgan fingerprint density at radius 3 is 1.96 bits per heavy atom. The second-order valence-electron chi connectivity index (χ2n) is 5.37. The molecule has 0 aliphatic carbocycles. The number of carbonyl (C=O) groups excluding carboxylic acids is 1. The van der Waals surface area contributed by atoms with E-state index in [0.717, 1.165) is 22.7 Å². The van der Waals surface area contributed by atoms with Gasteiger partial charge in [-0.3, -0.25) is 0 Å². The fourth-order valence-electron chi connectivity index (χ4n) is 2.09. The summed E-state index contributed by atoms with van der Waals surface area (Å²) in [6.07, 6.45) is 0. The van der Waals surface area contributed by atoms with Crippen molar-refractivity contribution >= 4 is 29.5 Å². The molecular formula is C19H20ClNO7. The highest BCUT2D eigenvalue weighted by molar-refractivity contribution is 6.30. The van der Waals surface area contributed by atoms with Crippen molar-refractivity contribution in [2.75, 3.05) is 14.2 Å². The molecule has 0 aliphatic rings. The zero-order chi connectivity index (χ0) is 21.1. The van der Waals surface area contributed by atoms with Crippen LogP contribution in [0.5, 0.6) is 5.75 Å². The van der Waals surface area contributed by atoms with E-state index in [9.17, 15) is 4.79 Å². The summed E-state index contributed by atoms with van der Waals surface area (Å²) in [7, 11) is 2.88. The number of aliphatic carboxylic acids is 2. The van der Waals surface area contributed by atoms with E-state index in [1.54, 1.807) is 12.1 Å². The Morgan fingerprint density at radius 1 is 0.929 bits per heavy atom. The fraction of sp³-hybridized carbons (Fsp3) is 0.211. The van der Waals surface area contributed by atoms with Gasteiger partial charge in [0.15, 0.2) is 0 Å². The van der Waals surface area contributed by atoms with Crippen molar-refractivity contribution in [1.82, 2.24) is 5.32 Å². The summed E-state index contributed by atoms with van der Waals surface area (Å²) in [5.74, 6) is -3.55. The molecule has 0 amide bonds. The number of rotatable bonds is 6. The van der Waals surface area contributed by atoms with E-state index >= 15 is 0 Å². The molecule has 8 nitrogen and oxygen atoms in total. The maximum absolute atomic E-state index is 11.7. The van der Waals surface area contributed by atoms with Crippen molar-refractivity contribution < 1.29 is 34.1 Å². The molecule has 0 spiro atoms. The lowest BCUT2D eigenvalue weighted by molar-refractivity contribution is -0.159. The second-order valence-corrected chi connectivity index (χ2v) is 5.80. The Balaban J connectivity index is 0.000000568. The quantitative estimate of drug-likeness (QED) is 0.491. The number of ether oxygens (including phenoxy) is 2. The van der Waals surface area contributed by atoms with Crippen LogP contribution < -0.4 is 10.1 Å². The predicted octanol–water partition coefficient (Wildman–Crippen LogP) is 2.58. The van der Waals surface area contributed by atoms with Gasteiger partial charge in [0.25, 0.3) is 0 Å². The van der Waals surface area contributed by atoms with Gasteiger partial charge < -0.3 is 25.0 Å². The third kappa shape index (κ3) is 7.65. The molecule has 150 valence electrons. The molecule has 2 rings (SSSR count). The van der Waals surface area contributed by atoms with Crippen molar-refractivity contribution in [3.63, 3.8) is 0 Å². The maximum Gasteiger partial charge on any atom is 0.414 e. The van der Waals surface area contributed by atoms with Crippen LogP contribution in [-0.2, 0) is 27.4 Å². The van der Waals surface area contributed by atoms with E-state index in [1.807, 2.05) is 30.3 Å². The number of nitrogens with one attached hydrogen (secondary N) is 1. The van der Waals surface area contributed by atoms with Gasteiger partial charge in [0, 0.05) is 18.1 Å². The number of carbonyl (C=O) groups is 3. The Bertz CT molecular complexity index is 810. The van der Waals surface area contributed by atoms with Crippen LogP contribution in [0.25, 0.3) is 0 Å². The lowest BCUT2D eigenvalue weighted by atomic mass is 10.1. The number of hydrogen-bond donors (Lipinski definition) is 3. The number of carboxylic acid groups (broad SMARTS) is 2. The zero-order valence-electron chi connectivity index (χ0n) is 15.3. The molecule has 0 fully saturated rings. The molecule has 0 aliphatic heterocycles. The lowest BCUT2D eigenvalue weighted by Crippen LogP contribution is -2.13. The number of methoxy groups -OCH3 is 2. The van der Waals surface area contributed by atoms with E-state index in [4.69, 9.17) is 40.9 Å². The average molecular weight is 410 g/mol.